The first-order valence-corrected chi connectivity index (χ1v) is 7.27. The van der Waals surface area contributed by atoms with Crippen LogP contribution in [0.4, 0.5) is 0 Å². The molecule has 5 nitrogen and oxygen atoms in total. The van der Waals surface area contributed by atoms with Crippen molar-refractivity contribution in [1.82, 2.24) is 9.55 Å². The second-order valence-electron chi connectivity index (χ2n) is 5.61. The molecule has 0 amide bonds. The Morgan fingerprint density at radius 2 is 2.14 bits per heavy atom. The van der Waals surface area contributed by atoms with Crippen LogP contribution in [-0.2, 0) is 11.3 Å². The lowest BCUT2D eigenvalue weighted by Gasteiger charge is -2.09. The zero-order valence-corrected chi connectivity index (χ0v) is 12.8. The molecule has 21 heavy (non-hydrogen) atoms. The van der Waals surface area contributed by atoms with Crippen molar-refractivity contribution in [2.45, 2.75) is 33.7 Å². The number of hydrogen-bond donors (Lipinski definition) is 1. The topological polar surface area (TPSA) is 64.3 Å². The number of aryl methyl sites for hydroxylation is 1. The van der Waals surface area contributed by atoms with Gasteiger partial charge < -0.3 is 14.4 Å². The van der Waals surface area contributed by atoms with E-state index in [1.807, 2.05) is 11.5 Å². The fourth-order valence-corrected chi connectivity index (χ4v) is 2.24. The normalized spacial score (nSPS) is 11.4. The fraction of sp³-hybridized carbons (Fsp3) is 0.500. The number of carbonyl (C=O) groups is 1. The van der Waals surface area contributed by atoms with Gasteiger partial charge in [-0.15, -0.1) is 0 Å². The highest BCUT2D eigenvalue weighted by Gasteiger charge is 2.10. The molecule has 1 aromatic carbocycles. The average molecular weight is 290 g/mol. The summed E-state index contributed by atoms with van der Waals surface area (Å²) in [7, 11) is 0. The van der Waals surface area contributed by atoms with E-state index in [9.17, 15) is 4.79 Å². The SMILES string of the molecule is Cc1nc2ccc(C(=O)O)cc2n1CCOCCC(C)C. The Kier molecular flexibility index (Phi) is 4.96. The molecule has 0 bridgehead atoms. The predicted octanol–water partition coefficient (Wildman–Crippen LogP) is 3.11. The monoisotopic (exact) mass is 290 g/mol. The molecule has 0 radical (unpaired) electrons. The summed E-state index contributed by atoms with van der Waals surface area (Å²) in [6.45, 7) is 8.31. The second-order valence-corrected chi connectivity index (χ2v) is 5.61. The number of nitrogens with zero attached hydrogens (tertiary/aromatic N) is 2. The number of fused-ring (bicyclic) bond motifs is 1. The molecule has 0 atom stereocenters. The fourth-order valence-electron chi connectivity index (χ4n) is 2.24. The van der Waals surface area contributed by atoms with Crippen molar-refractivity contribution in [3.8, 4) is 0 Å². The summed E-state index contributed by atoms with van der Waals surface area (Å²) in [5, 5.41) is 9.09. The number of benzene rings is 1. The number of ether oxygens (including phenoxy) is 1. The third-order valence-electron chi connectivity index (χ3n) is 3.48. The Bertz CT molecular complexity index is 632. The number of aromatic nitrogens is 2. The number of carboxylic acid groups (broad SMARTS) is 1. The number of carboxylic acids is 1. The van der Waals surface area contributed by atoms with Crippen molar-refractivity contribution in [3.63, 3.8) is 0 Å². The van der Waals surface area contributed by atoms with Crippen molar-refractivity contribution < 1.29 is 14.6 Å². The molecule has 0 fully saturated rings. The van der Waals surface area contributed by atoms with Crippen LogP contribution >= 0.6 is 0 Å². The minimum absolute atomic E-state index is 0.282. The molecular weight excluding hydrogens is 268 g/mol. The summed E-state index contributed by atoms with van der Waals surface area (Å²) in [5.41, 5.74) is 1.95. The minimum Gasteiger partial charge on any atom is -0.478 e. The maximum absolute atomic E-state index is 11.1. The minimum atomic E-state index is -0.921. The van der Waals surface area contributed by atoms with E-state index in [2.05, 4.69) is 18.8 Å². The smallest absolute Gasteiger partial charge is 0.335 e. The van der Waals surface area contributed by atoms with Gasteiger partial charge in [0.05, 0.1) is 23.2 Å². The molecule has 1 N–H and O–H groups in total. The van der Waals surface area contributed by atoms with Crippen LogP contribution in [0.1, 0.15) is 36.5 Å². The van der Waals surface area contributed by atoms with E-state index < -0.39 is 5.97 Å². The quantitative estimate of drug-likeness (QED) is 0.796. The Hall–Kier alpha value is -1.88. The first-order valence-electron chi connectivity index (χ1n) is 7.27. The third kappa shape index (κ3) is 3.82. The van der Waals surface area contributed by atoms with Crippen molar-refractivity contribution in [3.05, 3.63) is 29.6 Å². The molecule has 114 valence electrons. The molecule has 0 saturated heterocycles. The summed E-state index contributed by atoms with van der Waals surface area (Å²) < 4.78 is 7.65. The van der Waals surface area contributed by atoms with Gasteiger partial charge in [0.2, 0.25) is 0 Å². The highest BCUT2D eigenvalue weighted by atomic mass is 16.5. The molecule has 0 unspecified atom stereocenters. The average Bonchev–Trinajstić information content (AvgIpc) is 2.73. The van der Waals surface area contributed by atoms with Crippen LogP contribution in [0.3, 0.4) is 0 Å². The van der Waals surface area contributed by atoms with Gasteiger partial charge in [0.15, 0.2) is 0 Å². The van der Waals surface area contributed by atoms with Crippen LogP contribution in [0, 0.1) is 12.8 Å². The first kappa shape index (κ1) is 15.5. The maximum Gasteiger partial charge on any atom is 0.335 e. The summed E-state index contributed by atoms with van der Waals surface area (Å²) in [6, 6.07) is 5.01. The zero-order valence-electron chi connectivity index (χ0n) is 12.8. The standard InChI is InChI=1S/C16H22N2O3/c1-11(2)6-8-21-9-7-18-12(3)17-14-5-4-13(16(19)20)10-15(14)18/h4-5,10-11H,6-9H2,1-3H3,(H,19,20). The van der Waals surface area contributed by atoms with Crippen LogP contribution in [0.15, 0.2) is 18.2 Å². The lowest BCUT2D eigenvalue weighted by atomic mass is 10.1. The van der Waals surface area contributed by atoms with Crippen molar-refractivity contribution in [2.75, 3.05) is 13.2 Å². The van der Waals surface area contributed by atoms with Gasteiger partial charge in [0.1, 0.15) is 5.82 Å². The molecule has 1 heterocycles. The number of hydrogen-bond acceptors (Lipinski definition) is 3. The molecule has 0 aliphatic carbocycles. The van der Waals surface area contributed by atoms with Crippen molar-refractivity contribution >= 4 is 17.0 Å². The molecule has 0 spiro atoms. The van der Waals surface area contributed by atoms with Gasteiger partial charge >= 0.3 is 5.97 Å². The van der Waals surface area contributed by atoms with Crippen molar-refractivity contribution in [2.24, 2.45) is 5.92 Å². The lowest BCUT2D eigenvalue weighted by Crippen LogP contribution is -2.09. The van der Waals surface area contributed by atoms with E-state index in [4.69, 9.17) is 9.84 Å². The van der Waals surface area contributed by atoms with Gasteiger partial charge in [-0.05, 0) is 37.5 Å². The molecule has 0 aliphatic heterocycles. The number of imidazole rings is 1. The van der Waals surface area contributed by atoms with E-state index in [-0.39, 0.29) is 5.56 Å². The third-order valence-corrected chi connectivity index (χ3v) is 3.48. The van der Waals surface area contributed by atoms with E-state index in [0.29, 0.717) is 19.1 Å². The Morgan fingerprint density at radius 1 is 1.38 bits per heavy atom. The highest BCUT2D eigenvalue weighted by Crippen LogP contribution is 2.18. The number of aromatic carboxylic acids is 1. The van der Waals surface area contributed by atoms with Crippen molar-refractivity contribution in [1.29, 1.82) is 0 Å². The molecule has 0 saturated carbocycles. The van der Waals surface area contributed by atoms with E-state index in [1.165, 1.54) is 0 Å². The Morgan fingerprint density at radius 3 is 2.81 bits per heavy atom. The van der Waals surface area contributed by atoms with Gasteiger partial charge in [-0.3, -0.25) is 0 Å². The summed E-state index contributed by atoms with van der Waals surface area (Å²) in [5.74, 6) is 0.592. The van der Waals surface area contributed by atoms with E-state index >= 15 is 0 Å². The highest BCUT2D eigenvalue weighted by molar-refractivity contribution is 5.92. The zero-order chi connectivity index (χ0) is 15.4. The van der Waals surface area contributed by atoms with Crippen LogP contribution in [0.5, 0.6) is 0 Å². The van der Waals surface area contributed by atoms with Crippen LogP contribution in [0.25, 0.3) is 11.0 Å². The maximum atomic E-state index is 11.1. The molecule has 5 heteroatoms. The van der Waals surface area contributed by atoms with Gasteiger partial charge in [-0.1, -0.05) is 13.8 Å². The lowest BCUT2D eigenvalue weighted by molar-refractivity contribution is 0.0697. The summed E-state index contributed by atoms with van der Waals surface area (Å²) in [4.78, 5) is 15.5. The van der Waals surface area contributed by atoms with Crippen LogP contribution in [-0.4, -0.2) is 33.8 Å². The van der Waals surface area contributed by atoms with Crippen LogP contribution in [0.2, 0.25) is 0 Å². The first-order chi connectivity index (χ1) is 9.99. The molecule has 1 aromatic heterocycles. The molecule has 2 aromatic rings. The van der Waals surface area contributed by atoms with Crippen LogP contribution < -0.4 is 0 Å². The largest absolute Gasteiger partial charge is 0.478 e. The Balaban J connectivity index is 2.09. The predicted molar refractivity (Wildman–Crippen MR) is 81.7 cm³/mol. The molecular formula is C16H22N2O3. The second kappa shape index (κ2) is 6.72. The number of rotatable bonds is 7. The van der Waals surface area contributed by atoms with E-state index in [1.54, 1.807) is 18.2 Å². The summed E-state index contributed by atoms with van der Waals surface area (Å²) >= 11 is 0. The van der Waals surface area contributed by atoms with Gasteiger partial charge in [-0.25, -0.2) is 9.78 Å². The summed E-state index contributed by atoms with van der Waals surface area (Å²) in [6.07, 6.45) is 1.05. The van der Waals surface area contributed by atoms with E-state index in [0.717, 1.165) is 29.9 Å². The molecule has 0 aliphatic rings. The van der Waals surface area contributed by atoms with Gasteiger partial charge in [0.25, 0.3) is 0 Å². The molecule has 2 rings (SSSR count). The van der Waals surface area contributed by atoms with Gasteiger partial charge in [0, 0.05) is 13.2 Å². The Labute approximate surface area is 124 Å². The van der Waals surface area contributed by atoms with Gasteiger partial charge in [-0.2, -0.15) is 0 Å².